The summed E-state index contributed by atoms with van der Waals surface area (Å²) in [5.41, 5.74) is 1.69. The minimum atomic E-state index is 0.240. The van der Waals surface area contributed by atoms with Crippen LogP contribution in [0, 0.1) is 6.92 Å². The van der Waals surface area contributed by atoms with Crippen molar-refractivity contribution in [2.75, 3.05) is 6.54 Å². The fourth-order valence-electron chi connectivity index (χ4n) is 1.68. The summed E-state index contributed by atoms with van der Waals surface area (Å²) in [5, 5.41) is 5.73. The Balaban J connectivity index is 2.37. The number of aryl methyl sites for hydroxylation is 1. The fraction of sp³-hybridized carbons (Fsp3) is 0.692. The number of thiophene rings is 1. The average Bonchev–Trinajstić information content (AvgIpc) is 2.48. The van der Waals surface area contributed by atoms with Crippen LogP contribution in [0.4, 0.5) is 0 Å². The minimum Gasteiger partial charge on any atom is -0.312 e. The zero-order chi connectivity index (χ0) is 11.5. The molecule has 1 atom stereocenters. The molecule has 86 valence electrons. The second kappa shape index (κ2) is 5.13. The van der Waals surface area contributed by atoms with Crippen molar-refractivity contribution in [2.24, 2.45) is 0 Å². The molecule has 0 aliphatic carbocycles. The third-order valence-electron chi connectivity index (χ3n) is 2.58. The molecule has 1 rings (SSSR count). The minimum absolute atomic E-state index is 0.240. The lowest BCUT2D eigenvalue weighted by Crippen LogP contribution is -2.36. The number of rotatable bonds is 4. The molecule has 1 N–H and O–H groups in total. The van der Waals surface area contributed by atoms with E-state index in [2.05, 4.69) is 51.4 Å². The van der Waals surface area contributed by atoms with Crippen molar-refractivity contribution in [3.8, 4) is 0 Å². The summed E-state index contributed by atoms with van der Waals surface area (Å²) in [5.74, 6) is 0.680. The van der Waals surface area contributed by atoms with E-state index in [1.54, 1.807) is 4.88 Å². The van der Waals surface area contributed by atoms with Crippen molar-refractivity contribution in [3.05, 3.63) is 21.9 Å². The topological polar surface area (TPSA) is 12.0 Å². The Morgan fingerprint density at radius 2 is 2.07 bits per heavy atom. The second-order valence-corrected chi connectivity index (χ2v) is 6.28. The van der Waals surface area contributed by atoms with Crippen molar-refractivity contribution in [1.29, 1.82) is 0 Å². The van der Waals surface area contributed by atoms with E-state index in [1.165, 1.54) is 12.0 Å². The van der Waals surface area contributed by atoms with E-state index in [9.17, 15) is 0 Å². The predicted octanol–water partition coefficient (Wildman–Crippen LogP) is 3.94. The Morgan fingerprint density at radius 1 is 1.40 bits per heavy atom. The molecule has 2 heteroatoms. The summed E-state index contributed by atoms with van der Waals surface area (Å²) in [6, 6.07) is 2.22. The lowest BCUT2D eigenvalue weighted by molar-refractivity contribution is 0.414. The number of hydrogen-bond acceptors (Lipinski definition) is 2. The summed E-state index contributed by atoms with van der Waals surface area (Å²) in [6.45, 7) is 12.3. The molecular formula is C13H23NS. The van der Waals surface area contributed by atoms with Gasteiger partial charge in [0, 0.05) is 10.4 Å². The molecule has 1 heterocycles. The van der Waals surface area contributed by atoms with Crippen LogP contribution >= 0.6 is 11.3 Å². The Morgan fingerprint density at radius 3 is 2.53 bits per heavy atom. The molecule has 0 aliphatic heterocycles. The van der Waals surface area contributed by atoms with Crippen LogP contribution in [0.25, 0.3) is 0 Å². The van der Waals surface area contributed by atoms with Crippen LogP contribution in [0.2, 0.25) is 0 Å². The van der Waals surface area contributed by atoms with Crippen LogP contribution in [0.3, 0.4) is 0 Å². The van der Waals surface area contributed by atoms with Gasteiger partial charge in [-0.15, -0.1) is 11.3 Å². The van der Waals surface area contributed by atoms with Crippen molar-refractivity contribution in [1.82, 2.24) is 5.32 Å². The highest BCUT2D eigenvalue weighted by molar-refractivity contribution is 7.10. The number of nitrogens with one attached hydrogen (secondary N) is 1. The molecule has 0 amide bonds. The summed E-state index contributed by atoms with van der Waals surface area (Å²) in [6.07, 6.45) is 1.22. The molecule has 1 aromatic heterocycles. The van der Waals surface area contributed by atoms with E-state index in [0.717, 1.165) is 6.54 Å². The Labute approximate surface area is 97.9 Å². The van der Waals surface area contributed by atoms with Gasteiger partial charge in [-0.1, -0.05) is 6.92 Å². The Kier molecular flexibility index (Phi) is 4.35. The van der Waals surface area contributed by atoms with Gasteiger partial charge in [-0.25, -0.2) is 0 Å². The van der Waals surface area contributed by atoms with Gasteiger partial charge >= 0.3 is 0 Å². The van der Waals surface area contributed by atoms with Crippen LogP contribution in [-0.2, 0) is 0 Å². The summed E-state index contributed by atoms with van der Waals surface area (Å²) in [7, 11) is 0. The van der Waals surface area contributed by atoms with Gasteiger partial charge in [-0.05, 0) is 63.6 Å². The van der Waals surface area contributed by atoms with E-state index in [-0.39, 0.29) is 5.54 Å². The molecule has 0 fully saturated rings. The van der Waals surface area contributed by atoms with Crippen LogP contribution in [0.1, 0.15) is 50.5 Å². The maximum atomic E-state index is 3.54. The van der Waals surface area contributed by atoms with Gasteiger partial charge in [0.2, 0.25) is 0 Å². The van der Waals surface area contributed by atoms with E-state index in [0.29, 0.717) is 5.92 Å². The first-order valence-corrected chi connectivity index (χ1v) is 6.57. The van der Waals surface area contributed by atoms with Gasteiger partial charge in [0.05, 0.1) is 0 Å². The molecular weight excluding hydrogens is 202 g/mol. The van der Waals surface area contributed by atoms with Gasteiger partial charge in [-0.3, -0.25) is 0 Å². The fourth-order valence-corrected chi connectivity index (χ4v) is 2.71. The number of hydrogen-bond donors (Lipinski definition) is 1. The molecule has 0 spiro atoms. The molecule has 0 bridgehead atoms. The third kappa shape index (κ3) is 4.35. The van der Waals surface area contributed by atoms with Crippen molar-refractivity contribution >= 4 is 11.3 Å². The molecule has 0 saturated heterocycles. The summed E-state index contributed by atoms with van der Waals surface area (Å²) in [4.78, 5) is 1.55. The van der Waals surface area contributed by atoms with E-state index >= 15 is 0 Å². The van der Waals surface area contributed by atoms with Crippen molar-refractivity contribution < 1.29 is 0 Å². The van der Waals surface area contributed by atoms with Crippen LogP contribution in [0.5, 0.6) is 0 Å². The Hall–Kier alpha value is -0.340. The summed E-state index contributed by atoms with van der Waals surface area (Å²) >= 11 is 1.89. The first kappa shape index (κ1) is 12.7. The third-order valence-corrected chi connectivity index (χ3v) is 3.83. The summed E-state index contributed by atoms with van der Waals surface area (Å²) < 4.78 is 0. The quantitative estimate of drug-likeness (QED) is 0.818. The van der Waals surface area contributed by atoms with Crippen LogP contribution in [-0.4, -0.2) is 12.1 Å². The first-order valence-electron chi connectivity index (χ1n) is 5.69. The molecule has 0 radical (unpaired) electrons. The molecule has 1 unspecified atom stereocenters. The average molecular weight is 225 g/mol. The van der Waals surface area contributed by atoms with Crippen LogP contribution in [0.15, 0.2) is 11.4 Å². The highest BCUT2D eigenvalue weighted by atomic mass is 32.1. The van der Waals surface area contributed by atoms with Gasteiger partial charge in [0.15, 0.2) is 0 Å². The van der Waals surface area contributed by atoms with Crippen molar-refractivity contribution in [2.45, 2.75) is 52.5 Å². The van der Waals surface area contributed by atoms with Gasteiger partial charge < -0.3 is 5.32 Å². The van der Waals surface area contributed by atoms with Crippen LogP contribution < -0.4 is 5.32 Å². The monoisotopic (exact) mass is 225 g/mol. The van der Waals surface area contributed by atoms with E-state index in [4.69, 9.17) is 0 Å². The van der Waals surface area contributed by atoms with E-state index < -0.39 is 0 Å². The van der Waals surface area contributed by atoms with Gasteiger partial charge in [0.25, 0.3) is 0 Å². The molecule has 1 nitrogen and oxygen atoms in total. The van der Waals surface area contributed by atoms with Gasteiger partial charge in [-0.2, -0.15) is 0 Å². The zero-order valence-corrected chi connectivity index (χ0v) is 11.4. The maximum Gasteiger partial charge on any atom is 0.0103 e. The predicted molar refractivity (Wildman–Crippen MR) is 69.8 cm³/mol. The molecule has 15 heavy (non-hydrogen) atoms. The maximum absolute atomic E-state index is 3.54. The van der Waals surface area contributed by atoms with E-state index in [1.807, 2.05) is 11.3 Å². The molecule has 1 aromatic rings. The SMILES string of the molecule is Cc1ccsc1C(C)CCNC(C)(C)C. The highest BCUT2D eigenvalue weighted by Crippen LogP contribution is 2.27. The Bertz CT molecular complexity index is 296. The molecule has 0 aliphatic rings. The second-order valence-electron chi connectivity index (χ2n) is 5.33. The standard InChI is InChI=1S/C13H23NS/c1-10(6-8-14-13(3,4)5)12-11(2)7-9-15-12/h7,9-10,14H,6,8H2,1-5H3. The lowest BCUT2D eigenvalue weighted by Gasteiger charge is -2.21. The smallest absolute Gasteiger partial charge is 0.0103 e. The van der Waals surface area contributed by atoms with Crippen molar-refractivity contribution in [3.63, 3.8) is 0 Å². The van der Waals surface area contributed by atoms with Gasteiger partial charge in [0.1, 0.15) is 0 Å². The zero-order valence-electron chi connectivity index (χ0n) is 10.6. The first-order chi connectivity index (χ1) is 6.90. The molecule has 0 aromatic carbocycles. The lowest BCUT2D eigenvalue weighted by atomic mass is 10.0. The largest absolute Gasteiger partial charge is 0.312 e. The molecule has 0 saturated carbocycles. The highest BCUT2D eigenvalue weighted by Gasteiger charge is 2.12. The normalized spacial score (nSPS) is 14.2.